The molecule has 6 aromatic carbocycles. The van der Waals surface area contributed by atoms with E-state index in [0.717, 1.165) is 70.1 Å². The molecule has 0 bridgehead atoms. The molecule has 0 radical (unpaired) electrons. The first-order valence-electron chi connectivity index (χ1n) is 15.7. The van der Waals surface area contributed by atoms with Gasteiger partial charge in [-0.2, -0.15) is 0 Å². The number of aliphatic imine (C=N–C) groups is 1. The van der Waals surface area contributed by atoms with Crippen molar-refractivity contribution in [3.05, 3.63) is 131 Å². The van der Waals surface area contributed by atoms with Crippen LogP contribution in [-0.4, -0.2) is 21.3 Å². The van der Waals surface area contributed by atoms with E-state index >= 15 is 0 Å². The van der Waals surface area contributed by atoms with Gasteiger partial charge in [0, 0.05) is 32.7 Å². The van der Waals surface area contributed by atoms with Gasteiger partial charge in [-0.3, -0.25) is 9.56 Å². The van der Waals surface area contributed by atoms with Crippen LogP contribution in [-0.2, 0) is 25.7 Å². The number of aryl methyl sites for hydroxylation is 4. The average Bonchev–Trinajstić information content (AvgIpc) is 3.39. The third kappa shape index (κ3) is 3.51. The topological polar surface area (TPSA) is 43.1 Å². The summed E-state index contributed by atoms with van der Waals surface area (Å²) in [6.45, 7) is 3.96. The van der Waals surface area contributed by atoms with Gasteiger partial charge >= 0.3 is 0 Å². The molecule has 8 aromatic rings. The highest BCUT2D eigenvalue weighted by Crippen LogP contribution is 2.46. The Morgan fingerprint density at radius 3 is 2.00 bits per heavy atom. The fraction of sp³-hybridized carbons (Fsp3) is 0.0976. The molecule has 0 spiro atoms. The van der Waals surface area contributed by atoms with Gasteiger partial charge < -0.3 is 0 Å². The molecule has 0 N–H and O–H groups in total. The SMILES string of the molecule is C=Nc1cc2c(cc1-c1cc3c4cc5c(cc4n(-c4nc(-c6ccccc6)c6ccccc6n4)c3c3ccccc13)CC5)CC2. The lowest BCUT2D eigenvalue weighted by atomic mass is 9.83. The van der Waals surface area contributed by atoms with Crippen LogP contribution in [0.3, 0.4) is 0 Å². The minimum Gasteiger partial charge on any atom is -0.277 e. The zero-order valence-corrected chi connectivity index (χ0v) is 24.7. The number of nitrogens with zero attached hydrogens (tertiary/aromatic N) is 4. The summed E-state index contributed by atoms with van der Waals surface area (Å²) in [7, 11) is 0. The summed E-state index contributed by atoms with van der Waals surface area (Å²) in [6.07, 6.45) is 4.47. The first kappa shape index (κ1) is 24.8. The Kier molecular flexibility index (Phi) is 5.07. The molecule has 212 valence electrons. The molecule has 2 aromatic heterocycles. The first-order valence-corrected chi connectivity index (χ1v) is 15.7. The molecule has 45 heavy (non-hydrogen) atoms. The largest absolute Gasteiger partial charge is 0.277 e. The second kappa shape index (κ2) is 9.20. The van der Waals surface area contributed by atoms with Crippen molar-refractivity contribution in [2.24, 2.45) is 4.99 Å². The van der Waals surface area contributed by atoms with E-state index in [4.69, 9.17) is 9.97 Å². The lowest BCUT2D eigenvalue weighted by molar-refractivity contribution is 0.840. The molecule has 0 unspecified atom stereocenters. The lowest BCUT2D eigenvalue weighted by Crippen LogP contribution is -2.09. The molecule has 2 aliphatic carbocycles. The highest BCUT2D eigenvalue weighted by atomic mass is 15.2. The van der Waals surface area contributed by atoms with Crippen LogP contribution < -0.4 is 0 Å². The normalized spacial score (nSPS) is 13.5. The Balaban J connectivity index is 1.36. The molecule has 0 saturated carbocycles. The van der Waals surface area contributed by atoms with E-state index in [-0.39, 0.29) is 0 Å². The van der Waals surface area contributed by atoms with Crippen molar-refractivity contribution in [3.8, 4) is 28.3 Å². The number of hydrogen-bond donors (Lipinski definition) is 0. The van der Waals surface area contributed by atoms with Crippen LogP contribution in [0.4, 0.5) is 5.69 Å². The molecule has 0 saturated heterocycles. The third-order valence-corrected chi connectivity index (χ3v) is 10.0. The van der Waals surface area contributed by atoms with Crippen LogP contribution in [0.5, 0.6) is 0 Å². The quantitative estimate of drug-likeness (QED) is 0.196. The van der Waals surface area contributed by atoms with E-state index in [1.54, 1.807) is 0 Å². The van der Waals surface area contributed by atoms with E-state index < -0.39 is 0 Å². The standard InChI is InChI=1S/C41H28N4/c1-42-37-21-27-17-15-25(27)19-33(37)32-23-35-34-20-26-16-18-28(26)22-38(34)45(40(35)30-12-6-5-11-29(30)32)41-43-36-14-8-7-13-31(36)39(44-41)24-9-3-2-4-10-24/h2-14,19-23H,1,15-18H2. The van der Waals surface area contributed by atoms with Crippen LogP contribution in [0.15, 0.2) is 114 Å². The summed E-state index contributed by atoms with van der Waals surface area (Å²) in [4.78, 5) is 15.1. The van der Waals surface area contributed by atoms with E-state index in [1.807, 2.05) is 0 Å². The number of rotatable bonds is 4. The van der Waals surface area contributed by atoms with Crippen molar-refractivity contribution in [3.63, 3.8) is 0 Å². The van der Waals surface area contributed by atoms with Gasteiger partial charge in [0.25, 0.3) is 0 Å². The van der Waals surface area contributed by atoms with Crippen molar-refractivity contribution in [1.29, 1.82) is 0 Å². The van der Waals surface area contributed by atoms with Gasteiger partial charge in [0.15, 0.2) is 0 Å². The molecule has 4 nitrogen and oxygen atoms in total. The maximum atomic E-state index is 5.36. The molecule has 2 aliphatic rings. The van der Waals surface area contributed by atoms with E-state index in [0.29, 0.717) is 5.95 Å². The molecule has 4 heteroatoms. The summed E-state index contributed by atoms with van der Waals surface area (Å²) in [6, 6.07) is 39.3. The minimum absolute atomic E-state index is 0.694. The Labute approximate surface area is 260 Å². The Bertz CT molecular complexity index is 2560. The van der Waals surface area contributed by atoms with Crippen molar-refractivity contribution in [2.45, 2.75) is 25.7 Å². The molecule has 0 fully saturated rings. The van der Waals surface area contributed by atoms with Crippen molar-refractivity contribution in [2.75, 3.05) is 0 Å². The molecule has 2 heterocycles. The molecule has 0 atom stereocenters. The van der Waals surface area contributed by atoms with Gasteiger partial charge in [-0.15, -0.1) is 0 Å². The van der Waals surface area contributed by atoms with E-state index in [9.17, 15) is 0 Å². The number of hydrogen-bond acceptors (Lipinski definition) is 3. The number of fused-ring (bicyclic) bond motifs is 8. The van der Waals surface area contributed by atoms with E-state index in [2.05, 4.69) is 125 Å². The molecule has 0 amide bonds. The predicted octanol–water partition coefficient (Wildman–Crippen LogP) is 9.74. The molecular weight excluding hydrogens is 548 g/mol. The minimum atomic E-state index is 0.694. The van der Waals surface area contributed by atoms with Crippen LogP contribution in [0.2, 0.25) is 0 Å². The van der Waals surface area contributed by atoms with Crippen LogP contribution in [0, 0.1) is 0 Å². The molecular formula is C41H28N4. The van der Waals surface area contributed by atoms with Gasteiger partial charge in [0.2, 0.25) is 5.95 Å². The summed E-state index contributed by atoms with van der Waals surface area (Å²) < 4.78 is 2.32. The highest BCUT2D eigenvalue weighted by Gasteiger charge is 2.25. The fourth-order valence-electron chi connectivity index (χ4n) is 7.55. The highest BCUT2D eigenvalue weighted by molar-refractivity contribution is 6.22. The fourth-order valence-corrected chi connectivity index (χ4v) is 7.55. The third-order valence-electron chi connectivity index (χ3n) is 10.0. The van der Waals surface area contributed by atoms with Gasteiger partial charge in [0.1, 0.15) is 0 Å². The van der Waals surface area contributed by atoms with Crippen molar-refractivity contribution >= 4 is 55.9 Å². The Morgan fingerprint density at radius 2 is 1.22 bits per heavy atom. The number of aromatic nitrogens is 3. The number of benzene rings is 6. The van der Waals surface area contributed by atoms with Crippen molar-refractivity contribution < 1.29 is 0 Å². The van der Waals surface area contributed by atoms with Gasteiger partial charge in [-0.25, -0.2) is 9.97 Å². The lowest BCUT2D eigenvalue weighted by Gasteiger charge is -2.22. The monoisotopic (exact) mass is 576 g/mol. The number of para-hydroxylation sites is 1. The maximum Gasteiger partial charge on any atom is 0.235 e. The van der Waals surface area contributed by atoms with Crippen molar-refractivity contribution in [1.82, 2.24) is 14.5 Å². The second-order valence-corrected chi connectivity index (χ2v) is 12.4. The van der Waals surface area contributed by atoms with Gasteiger partial charge in [0.05, 0.1) is 27.9 Å². The Morgan fingerprint density at radius 1 is 0.556 bits per heavy atom. The smallest absolute Gasteiger partial charge is 0.235 e. The van der Waals surface area contributed by atoms with Crippen LogP contribution in [0.25, 0.3) is 71.8 Å². The molecule has 10 rings (SSSR count). The van der Waals surface area contributed by atoms with Crippen LogP contribution in [0.1, 0.15) is 22.3 Å². The van der Waals surface area contributed by atoms with Crippen LogP contribution >= 0.6 is 0 Å². The van der Waals surface area contributed by atoms with Gasteiger partial charge in [-0.05, 0) is 102 Å². The summed E-state index contributed by atoms with van der Waals surface area (Å²) >= 11 is 0. The Hall–Kier alpha value is -5.61. The molecule has 0 aliphatic heterocycles. The summed E-state index contributed by atoms with van der Waals surface area (Å²) in [5.74, 6) is 0.694. The van der Waals surface area contributed by atoms with Gasteiger partial charge in [-0.1, -0.05) is 72.8 Å². The summed E-state index contributed by atoms with van der Waals surface area (Å²) in [5, 5.41) is 5.88. The first-order chi connectivity index (χ1) is 22.2. The zero-order chi connectivity index (χ0) is 29.6. The van der Waals surface area contributed by atoms with E-state index in [1.165, 1.54) is 49.4 Å². The zero-order valence-electron chi connectivity index (χ0n) is 24.7. The summed E-state index contributed by atoms with van der Waals surface area (Å²) in [5.41, 5.74) is 14.2. The predicted molar refractivity (Wildman–Crippen MR) is 186 cm³/mol. The second-order valence-electron chi connectivity index (χ2n) is 12.4. The average molecular weight is 577 g/mol. The maximum absolute atomic E-state index is 5.36.